The number of halogens is 1. The van der Waals surface area contributed by atoms with Gasteiger partial charge in [-0.2, -0.15) is 0 Å². The molecule has 136 valence electrons. The molecule has 2 rings (SSSR count). The van der Waals surface area contributed by atoms with E-state index in [9.17, 15) is 0 Å². The molecule has 0 saturated heterocycles. The van der Waals surface area contributed by atoms with Crippen LogP contribution in [0, 0.1) is 0 Å². The lowest BCUT2D eigenvalue weighted by molar-refractivity contribution is 0.320. The molecule has 1 aromatic carbocycles. The van der Waals surface area contributed by atoms with Gasteiger partial charge in [0.2, 0.25) is 0 Å². The van der Waals surface area contributed by atoms with Gasteiger partial charge in [-0.05, 0) is 43.6 Å². The molecule has 0 spiro atoms. The maximum atomic E-state index is 6.29. The first-order valence-electron chi connectivity index (χ1n) is 8.75. The minimum absolute atomic E-state index is 0.305. The Morgan fingerprint density at radius 2 is 2.08 bits per heavy atom. The molecular weight excluding hydrogens is 354 g/mol. The van der Waals surface area contributed by atoms with Crippen LogP contribution in [0.2, 0.25) is 5.02 Å². The molecule has 6 heteroatoms. The van der Waals surface area contributed by atoms with Crippen LogP contribution in [0.3, 0.4) is 0 Å². The van der Waals surface area contributed by atoms with Crippen molar-refractivity contribution >= 4 is 28.9 Å². The summed E-state index contributed by atoms with van der Waals surface area (Å²) in [5, 5.41) is 1.26. The Morgan fingerprint density at radius 3 is 2.76 bits per heavy atom. The smallest absolute Gasteiger partial charge is 0.176 e. The van der Waals surface area contributed by atoms with Gasteiger partial charge in [-0.25, -0.2) is 4.98 Å². The number of hydrogen-bond donors (Lipinski definition) is 1. The van der Waals surface area contributed by atoms with Crippen molar-refractivity contribution in [2.75, 3.05) is 6.61 Å². The van der Waals surface area contributed by atoms with Crippen LogP contribution in [-0.4, -0.2) is 27.3 Å². The molecule has 4 nitrogen and oxygen atoms in total. The van der Waals surface area contributed by atoms with Crippen molar-refractivity contribution in [2.24, 2.45) is 5.73 Å². The lowest BCUT2D eigenvalue weighted by Crippen LogP contribution is -2.34. The molecule has 1 atom stereocenters. The molecule has 1 heterocycles. The van der Waals surface area contributed by atoms with Gasteiger partial charge in [0.25, 0.3) is 0 Å². The van der Waals surface area contributed by atoms with Crippen LogP contribution in [-0.2, 0) is 30.5 Å². The van der Waals surface area contributed by atoms with E-state index in [0.717, 1.165) is 47.9 Å². The van der Waals surface area contributed by atoms with E-state index in [0.29, 0.717) is 18.1 Å². The van der Waals surface area contributed by atoms with Crippen molar-refractivity contribution in [1.29, 1.82) is 0 Å². The highest BCUT2D eigenvalue weighted by molar-refractivity contribution is 7.80. The summed E-state index contributed by atoms with van der Waals surface area (Å²) in [4.78, 5) is 4.59. The molecule has 0 saturated carbocycles. The summed E-state index contributed by atoms with van der Waals surface area (Å²) in [5.74, 6) is 1.08. The summed E-state index contributed by atoms with van der Waals surface area (Å²) in [6.07, 6.45) is 5.37. The normalized spacial score (nSPS) is 12.2. The monoisotopic (exact) mass is 379 g/mol. The van der Waals surface area contributed by atoms with Crippen LogP contribution in [0.15, 0.2) is 30.5 Å². The second-order valence-corrected chi connectivity index (χ2v) is 6.78. The van der Waals surface area contributed by atoms with E-state index < -0.39 is 0 Å². The summed E-state index contributed by atoms with van der Waals surface area (Å²) in [5.41, 5.74) is 8.42. The molecule has 0 aliphatic carbocycles. The third-order valence-electron chi connectivity index (χ3n) is 4.08. The van der Waals surface area contributed by atoms with Gasteiger partial charge in [0.15, 0.2) is 5.05 Å². The van der Waals surface area contributed by atoms with Crippen LogP contribution < -0.4 is 5.73 Å². The van der Waals surface area contributed by atoms with Crippen molar-refractivity contribution in [3.8, 4) is 0 Å². The predicted molar refractivity (Wildman–Crippen MR) is 107 cm³/mol. The molecule has 1 aromatic heterocycles. The van der Waals surface area contributed by atoms with Crippen LogP contribution in [0.5, 0.6) is 0 Å². The van der Waals surface area contributed by atoms with E-state index >= 15 is 0 Å². The summed E-state index contributed by atoms with van der Waals surface area (Å²) >= 11 is 11.5. The second kappa shape index (κ2) is 9.90. The number of aromatic nitrogens is 2. The lowest BCUT2D eigenvalue weighted by Gasteiger charge is -2.16. The Hall–Kier alpha value is -1.43. The molecule has 0 fully saturated rings. The molecular formula is C19H26ClN3OS. The van der Waals surface area contributed by atoms with Gasteiger partial charge >= 0.3 is 0 Å². The SMILES string of the molecule is CCCc1ncc(C[C@H](N)C(=S)OCC)n1CCc1ccccc1Cl. The van der Waals surface area contributed by atoms with Crippen molar-refractivity contribution in [1.82, 2.24) is 9.55 Å². The number of benzene rings is 1. The van der Waals surface area contributed by atoms with Crippen LogP contribution in [0.1, 0.15) is 37.4 Å². The van der Waals surface area contributed by atoms with E-state index in [1.165, 1.54) is 0 Å². The van der Waals surface area contributed by atoms with Crippen molar-refractivity contribution in [2.45, 2.75) is 52.1 Å². The largest absolute Gasteiger partial charge is 0.486 e. The van der Waals surface area contributed by atoms with Gasteiger partial charge in [0, 0.05) is 36.3 Å². The highest BCUT2D eigenvalue weighted by Gasteiger charge is 2.16. The highest BCUT2D eigenvalue weighted by atomic mass is 35.5. The molecule has 0 aliphatic heterocycles. The van der Waals surface area contributed by atoms with E-state index in [1.807, 2.05) is 31.3 Å². The standard InChI is InChI=1S/C19H26ClN3OS/c1-3-7-18-22-13-15(12-17(21)19(25)24-4-2)23(18)11-10-14-8-5-6-9-16(14)20/h5-6,8-9,13,17H,3-4,7,10-12,21H2,1-2H3/t17-/m0/s1. The fraction of sp³-hybridized carbons (Fsp3) is 0.474. The molecule has 2 N–H and O–H groups in total. The topological polar surface area (TPSA) is 53.1 Å². The predicted octanol–water partition coefficient (Wildman–Crippen LogP) is 3.97. The number of aryl methyl sites for hydroxylation is 2. The molecule has 0 radical (unpaired) electrons. The second-order valence-electron chi connectivity index (χ2n) is 5.97. The van der Waals surface area contributed by atoms with Gasteiger partial charge in [0.1, 0.15) is 5.82 Å². The number of thiocarbonyl (C=S) groups is 1. The Bertz CT molecular complexity index is 702. The Labute approximate surface area is 160 Å². The summed E-state index contributed by atoms with van der Waals surface area (Å²) in [6, 6.07) is 7.65. The quantitative estimate of drug-likeness (QED) is 0.670. The molecule has 0 amide bonds. The number of imidazole rings is 1. The van der Waals surface area contributed by atoms with Crippen molar-refractivity contribution in [3.05, 3.63) is 52.6 Å². The number of ether oxygens (including phenoxy) is 1. The fourth-order valence-electron chi connectivity index (χ4n) is 2.80. The number of hydrogen-bond acceptors (Lipinski definition) is 4. The van der Waals surface area contributed by atoms with Crippen LogP contribution in [0.25, 0.3) is 0 Å². The van der Waals surface area contributed by atoms with Crippen molar-refractivity contribution in [3.63, 3.8) is 0 Å². The number of rotatable bonds is 9. The molecule has 25 heavy (non-hydrogen) atoms. The van der Waals surface area contributed by atoms with E-state index in [1.54, 1.807) is 0 Å². The third kappa shape index (κ3) is 5.53. The van der Waals surface area contributed by atoms with E-state index in [-0.39, 0.29) is 6.04 Å². The van der Waals surface area contributed by atoms with Crippen molar-refractivity contribution < 1.29 is 4.74 Å². The minimum Gasteiger partial charge on any atom is -0.486 e. The molecule has 0 aliphatic rings. The summed E-state index contributed by atoms with van der Waals surface area (Å²) in [6.45, 7) is 5.43. The summed E-state index contributed by atoms with van der Waals surface area (Å²) < 4.78 is 7.63. The van der Waals surface area contributed by atoms with Crippen LogP contribution >= 0.6 is 23.8 Å². The zero-order valence-corrected chi connectivity index (χ0v) is 16.4. The van der Waals surface area contributed by atoms with Gasteiger partial charge in [0.05, 0.1) is 12.6 Å². The fourth-order valence-corrected chi connectivity index (χ4v) is 3.24. The maximum absolute atomic E-state index is 6.29. The van der Waals surface area contributed by atoms with Gasteiger partial charge in [-0.15, -0.1) is 0 Å². The molecule has 0 unspecified atom stereocenters. The average molecular weight is 380 g/mol. The number of nitrogens with zero attached hydrogens (tertiary/aromatic N) is 2. The zero-order chi connectivity index (χ0) is 18.2. The molecule has 2 aromatic rings. The minimum atomic E-state index is -0.305. The lowest BCUT2D eigenvalue weighted by atomic mass is 10.1. The van der Waals surface area contributed by atoms with E-state index in [4.69, 9.17) is 34.3 Å². The van der Waals surface area contributed by atoms with Gasteiger partial charge in [-0.3, -0.25) is 0 Å². The third-order valence-corrected chi connectivity index (χ3v) is 4.86. The van der Waals surface area contributed by atoms with Gasteiger partial charge in [-0.1, -0.05) is 36.7 Å². The Kier molecular flexibility index (Phi) is 7.88. The van der Waals surface area contributed by atoms with Crippen LogP contribution in [0.4, 0.5) is 0 Å². The Morgan fingerprint density at radius 1 is 1.32 bits per heavy atom. The number of nitrogens with two attached hydrogens (primary N) is 1. The maximum Gasteiger partial charge on any atom is 0.176 e. The first-order chi connectivity index (χ1) is 12.1. The molecule has 0 bridgehead atoms. The zero-order valence-electron chi connectivity index (χ0n) is 14.9. The summed E-state index contributed by atoms with van der Waals surface area (Å²) in [7, 11) is 0. The average Bonchev–Trinajstić information content (AvgIpc) is 2.96. The highest BCUT2D eigenvalue weighted by Crippen LogP contribution is 2.18. The first-order valence-corrected chi connectivity index (χ1v) is 9.54. The van der Waals surface area contributed by atoms with Gasteiger partial charge < -0.3 is 15.0 Å². The Balaban J connectivity index is 2.15. The van der Waals surface area contributed by atoms with E-state index in [2.05, 4.69) is 22.5 Å². The first kappa shape index (κ1) is 19.9.